The lowest BCUT2D eigenvalue weighted by molar-refractivity contribution is 0.0914. The number of aryl methyl sites for hydroxylation is 1. The third-order valence-corrected chi connectivity index (χ3v) is 5.32. The Bertz CT molecular complexity index is 761. The predicted octanol–water partition coefficient (Wildman–Crippen LogP) is 1.99. The Morgan fingerprint density at radius 2 is 2.24 bits per heavy atom. The van der Waals surface area contributed by atoms with E-state index in [-0.39, 0.29) is 5.91 Å². The molecule has 7 heteroatoms. The second kappa shape index (κ2) is 6.63. The molecule has 1 aliphatic carbocycles. The zero-order valence-corrected chi connectivity index (χ0v) is 14.9. The Labute approximate surface area is 147 Å². The largest absolute Gasteiger partial charge is 0.351 e. The molecule has 0 aromatic carbocycles. The van der Waals surface area contributed by atoms with Gasteiger partial charge in [0.25, 0.3) is 5.91 Å². The molecule has 0 radical (unpaired) electrons. The number of hydrogen-bond donors (Lipinski definition) is 1. The lowest BCUT2D eigenvalue weighted by Gasteiger charge is -2.31. The quantitative estimate of drug-likeness (QED) is 0.898. The maximum Gasteiger partial charge on any atom is 0.290 e. The summed E-state index contributed by atoms with van der Waals surface area (Å²) in [5.41, 5.74) is 3.38. The van der Waals surface area contributed by atoms with Gasteiger partial charge < -0.3 is 9.84 Å². The maximum absolute atomic E-state index is 12.1. The Balaban J connectivity index is 1.40. The molecule has 2 aromatic rings. The van der Waals surface area contributed by atoms with Gasteiger partial charge in [-0.3, -0.25) is 14.4 Å². The third kappa shape index (κ3) is 3.61. The molecule has 4 rings (SSSR count). The minimum absolute atomic E-state index is 0.139. The second-order valence-corrected chi connectivity index (χ2v) is 7.32. The first-order valence-corrected chi connectivity index (χ1v) is 9.07. The van der Waals surface area contributed by atoms with Crippen molar-refractivity contribution in [2.45, 2.75) is 51.1 Å². The van der Waals surface area contributed by atoms with Crippen molar-refractivity contribution in [3.63, 3.8) is 0 Å². The van der Waals surface area contributed by atoms with Gasteiger partial charge in [0, 0.05) is 49.4 Å². The lowest BCUT2D eigenvalue weighted by atomic mass is 9.94. The molecule has 2 fully saturated rings. The number of nitrogens with zero attached hydrogens (tertiary/aromatic N) is 4. The fourth-order valence-electron chi connectivity index (χ4n) is 3.45. The molecule has 1 N–H and O–H groups in total. The molecule has 1 saturated heterocycles. The first-order chi connectivity index (χ1) is 12.1. The summed E-state index contributed by atoms with van der Waals surface area (Å²) < 4.78 is 7.21. The van der Waals surface area contributed by atoms with E-state index in [4.69, 9.17) is 4.52 Å². The first-order valence-electron chi connectivity index (χ1n) is 9.07. The molecule has 0 bridgehead atoms. The summed E-state index contributed by atoms with van der Waals surface area (Å²) in [6.45, 7) is 5.03. The van der Waals surface area contributed by atoms with E-state index in [2.05, 4.69) is 27.4 Å². The van der Waals surface area contributed by atoms with E-state index >= 15 is 0 Å². The van der Waals surface area contributed by atoms with Gasteiger partial charge in [0.1, 0.15) is 0 Å². The lowest BCUT2D eigenvalue weighted by Crippen LogP contribution is -2.34. The van der Waals surface area contributed by atoms with E-state index in [0.29, 0.717) is 17.7 Å². The van der Waals surface area contributed by atoms with Crippen molar-refractivity contribution >= 4 is 5.91 Å². The molecule has 1 saturated carbocycles. The van der Waals surface area contributed by atoms with Crippen LogP contribution in [0.4, 0.5) is 0 Å². The van der Waals surface area contributed by atoms with Gasteiger partial charge in [-0.15, -0.1) is 0 Å². The van der Waals surface area contributed by atoms with Crippen LogP contribution < -0.4 is 5.32 Å². The maximum atomic E-state index is 12.1. The molecule has 0 spiro atoms. The Morgan fingerprint density at radius 3 is 2.96 bits per heavy atom. The first kappa shape index (κ1) is 16.3. The zero-order chi connectivity index (χ0) is 17.4. The number of carbonyl (C=O) groups excluding carboxylic acids is 1. The number of hydrogen-bond acceptors (Lipinski definition) is 5. The van der Waals surface area contributed by atoms with E-state index in [1.54, 1.807) is 0 Å². The van der Waals surface area contributed by atoms with Crippen LogP contribution in [-0.4, -0.2) is 44.9 Å². The molecular formula is C18H25N5O2. The van der Waals surface area contributed by atoms with E-state index in [9.17, 15) is 4.79 Å². The molecule has 1 aliphatic heterocycles. The summed E-state index contributed by atoms with van der Waals surface area (Å²) in [5.74, 6) is 0.513. The normalized spacial score (nSPS) is 21.4. The molecule has 7 nitrogen and oxygen atoms in total. The fraction of sp³-hybridized carbons (Fsp3) is 0.611. The molecule has 2 aliphatic rings. The van der Waals surface area contributed by atoms with Crippen LogP contribution in [0.25, 0.3) is 0 Å². The molecule has 2 aromatic heterocycles. The average molecular weight is 343 g/mol. The molecular weight excluding hydrogens is 318 g/mol. The third-order valence-electron chi connectivity index (χ3n) is 5.32. The minimum Gasteiger partial charge on any atom is -0.351 e. The molecule has 1 unspecified atom stereocenters. The molecule has 134 valence electrons. The van der Waals surface area contributed by atoms with Crippen molar-refractivity contribution in [1.29, 1.82) is 0 Å². The zero-order valence-electron chi connectivity index (χ0n) is 14.9. The van der Waals surface area contributed by atoms with Gasteiger partial charge in [0.2, 0.25) is 5.76 Å². The fourth-order valence-corrected chi connectivity index (χ4v) is 3.45. The van der Waals surface area contributed by atoms with Gasteiger partial charge in [-0.2, -0.15) is 5.10 Å². The van der Waals surface area contributed by atoms with Crippen molar-refractivity contribution in [2.75, 3.05) is 13.1 Å². The van der Waals surface area contributed by atoms with E-state index in [0.717, 1.165) is 51.0 Å². The minimum atomic E-state index is -0.139. The summed E-state index contributed by atoms with van der Waals surface area (Å²) in [6, 6.07) is 2.15. The van der Waals surface area contributed by atoms with Crippen LogP contribution in [-0.2, 0) is 13.6 Å². The second-order valence-electron chi connectivity index (χ2n) is 7.32. The summed E-state index contributed by atoms with van der Waals surface area (Å²) >= 11 is 0. The van der Waals surface area contributed by atoms with Crippen LogP contribution in [0.15, 0.2) is 16.8 Å². The van der Waals surface area contributed by atoms with Gasteiger partial charge in [-0.1, -0.05) is 5.16 Å². The van der Waals surface area contributed by atoms with Gasteiger partial charge >= 0.3 is 0 Å². The van der Waals surface area contributed by atoms with Gasteiger partial charge in [0.15, 0.2) is 0 Å². The highest BCUT2D eigenvalue weighted by Gasteiger charge is 2.28. The van der Waals surface area contributed by atoms with Crippen molar-refractivity contribution in [2.24, 2.45) is 7.05 Å². The highest BCUT2D eigenvalue weighted by Crippen LogP contribution is 2.28. The Kier molecular flexibility index (Phi) is 4.33. The van der Waals surface area contributed by atoms with Crippen LogP contribution in [0, 0.1) is 6.92 Å². The van der Waals surface area contributed by atoms with Gasteiger partial charge in [0.05, 0.1) is 11.9 Å². The van der Waals surface area contributed by atoms with Crippen LogP contribution in [0.3, 0.4) is 0 Å². The van der Waals surface area contributed by atoms with Crippen molar-refractivity contribution in [3.05, 3.63) is 35.0 Å². The average Bonchev–Trinajstić information content (AvgIpc) is 3.18. The molecule has 3 heterocycles. The standard InChI is InChI=1S/C18H25N5O2/c1-12-14(9-19-22(12)2)11-23-7-3-4-13(10-23)16-8-17(25-21-16)18(24)20-15-5-6-15/h8-9,13,15H,3-7,10-11H2,1-2H3,(H,20,24). The smallest absolute Gasteiger partial charge is 0.290 e. The highest BCUT2D eigenvalue weighted by molar-refractivity contribution is 5.91. The van der Waals surface area contributed by atoms with Crippen LogP contribution >= 0.6 is 0 Å². The van der Waals surface area contributed by atoms with Crippen molar-refractivity contribution < 1.29 is 9.32 Å². The Hall–Kier alpha value is -2.15. The molecule has 1 atom stereocenters. The summed E-state index contributed by atoms with van der Waals surface area (Å²) in [5, 5.41) is 11.4. The topological polar surface area (TPSA) is 76.2 Å². The van der Waals surface area contributed by atoms with Crippen LogP contribution in [0.5, 0.6) is 0 Å². The van der Waals surface area contributed by atoms with E-state index in [1.807, 2.05) is 24.0 Å². The summed E-state index contributed by atoms with van der Waals surface area (Å²) in [7, 11) is 1.97. The SMILES string of the molecule is Cc1c(CN2CCCC(c3cc(C(=O)NC4CC4)on3)C2)cnn1C. The van der Waals surface area contributed by atoms with Crippen molar-refractivity contribution in [1.82, 2.24) is 25.2 Å². The number of piperidine rings is 1. The van der Waals surface area contributed by atoms with Gasteiger partial charge in [-0.25, -0.2) is 0 Å². The summed E-state index contributed by atoms with van der Waals surface area (Å²) in [6.07, 6.45) is 6.30. The number of amides is 1. The van der Waals surface area contributed by atoms with Crippen molar-refractivity contribution in [3.8, 4) is 0 Å². The Morgan fingerprint density at radius 1 is 1.40 bits per heavy atom. The predicted molar refractivity (Wildman–Crippen MR) is 92.2 cm³/mol. The van der Waals surface area contributed by atoms with E-state index < -0.39 is 0 Å². The number of nitrogens with one attached hydrogen (secondary N) is 1. The van der Waals surface area contributed by atoms with Crippen LogP contribution in [0.2, 0.25) is 0 Å². The molecule has 1 amide bonds. The highest BCUT2D eigenvalue weighted by atomic mass is 16.5. The summed E-state index contributed by atoms with van der Waals surface area (Å²) in [4.78, 5) is 14.5. The number of carbonyl (C=O) groups is 1. The van der Waals surface area contributed by atoms with Crippen LogP contribution in [0.1, 0.15) is 59.1 Å². The number of aromatic nitrogens is 3. The monoisotopic (exact) mass is 343 g/mol. The molecule has 25 heavy (non-hydrogen) atoms. The van der Waals surface area contributed by atoms with Gasteiger partial charge in [-0.05, 0) is 39.2 Å². The van der Waals surface area contributed by atoms with E-state index in [1.165, 1.54) is 11.3 Å². The number of likely N-dealkylation sites (tertiary alicyclic amines) is 1. The number of rotatable bonds is 5.